The first-order valence-electron chi connectivity index (χ1n) is 9.77. The highest BCUT2D eigenvalue weighted by atomic mass is 32.1. The topological polar surface area (TPSA) is 60.4 Å². The summed E-state index contributed by atoms with van der Waals surface area (Å²) in [7, 11) is 0. The minimum absolute atomic E-state index is 0.628. The van der Waals surface area contributed by atoms with E-state index in [4.69, 9.17) is 19.4 Å². The van der Waals surface area contributed by atoms with Gasteiger partial charge in [0.15, 0.2) is 0 Å². The molecule has 0 aliphatic carbocycles. The minimum Gasteiger partial charge on any atom is -0.438 e. The van der Waals surface area contributed by atoms with Crippen molar-refractivity contribution in [1.29, 1.82) is 0 Å². The molecule has 0 saturated carbocycles. The van der Waals surface area contributed by atoms with Crippen LogP contribution in [-0.2, 0) is 11.3 Å². The smallest absolute Gasteiger partial charge is 0.231 e. The molecule has 1 aromatic carbocycles. The summed E-state index contributed by atoms with van der Waals surface area (Å²) in [6.45, 7) is 8.25. The highest BCUT2D eigenvalue weighted by molar-refractivity contribution is 7.18. The number of pyridine rings is 1. The number of hydrogen-bond donors (Lipinski definition) is 0. The Labute approximate surface area is 173 Å². The van der Waals surface area contributed by atoms with Gasteiger partial charge in [-0.05, 0) is 43.7 Å². The van der Waals surface area contributed by atoms with Crippen LogP contribution in [0.1, 0.15) is 16.3 Å². The molecule has 1 aliphatic rings. The van der Waals surface area contributed by atoms with Crippen molar-refractivity contribution in [3.8, 4) is 11.6 Å². The van der Waals surface area contributed by atoms with Gasteiger partial charge in [-0.25, -0.2) is 4.98 Å². The SMILES string of the molecule is Cc1sc2nc(CN3CCOCC3)nc(Oc3ccc4ncccc4c3)c2c1C. The molecule has 4 heterocycles. The fourth-order valence-electron chi connectivity index (χ4n) is 3.59. The van der Waals surface area contributed by atoms with Crippen molar-refractivity contribution in [3.63, 3.8) is 0 Å². The number of benzene rings is 1. The minimum atomic E-state index is 0.628. The molecular formula is C22H22N4O2S. The Bertz CT molecular complexity index is 1180. The van der Waals surface area contributed by atoms with Gasteiger partial charge in [-0.3, -0.25) is 9.88 Å². The van der Waals surface area contributed by atoms with E-state index in [1.807, 2.05) is 30.3 Å². The van der Waals surface area contributed by atoms with Crippen molar-refractivity contribution < 1.29 is 9.47 Å². The van der Waals surface area contributed by atoms with E-state index in [0.717, 1.165) is 59.0 Å². The Balaban J connectivity index is 1.54. The molecule has 4 aromatic rings. The number of aromatic nitrogens is 3. The summed E-state index contributed by atoms with van der Waals surface area (Å²) in [5.41, 5.74) is 2.13. The van der Waals surface area contributed by atoms with E-state index in [0.29, 0.717) is 12.4 Å². The van der Waals surface area contributed by atoms with E-state index in [1.165, 1.54) is 10.4 Å². The number of hydrogen-bond acceptors (Lipinski definition) is 7. The lowest BCUT2D eigenvalue weighted by Gasteiger charge is -2.25. The predicted molar refractivity (Wildman–Crippen MR) is 115 cm³/mol. The summed E-state index contributed by atoms with van der Waals surface area (Å²) < 4.78 is 11.8. The molecule has 0 atom stereocenters. The maximum Gasteiger partial charge on any atom is 0.231 e. The summed E-state index contributed by atoms with van der Waals surface area (Å²) >= 11 is 1.70. The van der Waals surface area contributed by atoms with Gasteiger partial charge in [-0.2, -0.15) is 4.98 Å². The Hall–Kier alpha value is -2.61. The van der Waals surface area contributed by atoms with Crippen molar-refractivity contribution in [2.45, 2.75) is 20.4 Å². The first-order chi connectivity index (χ1) is 14.2. The van der Waals surface area contributed by atoms with E-state index < -0.39 is 0 Å². The zero-order valence-corrected chi connectivity index (χ0v) is 17.3. The molecule has 0 radical (unpaired) electrons. The number of morpholine rings is 1. The van der Waals surface area contributed by atoms with Gasteiger partial charge in [0.1, 0.15) is 16.4 Å². The predicted octanol–water partition coefficient (Wildman–Crippen LogP) is 4.48. The van der Waals surface area contributed by atoms with Crippen LogP contribution in [0, 0.1) is 13.8 Å². The van der Waals surface area contributed by atoms with Crippen molar-refractivity contribution in [2.24, 2.45) is 0 Å². The largest absolute Gasteiger partial charge is 0.438 e. The van der Waals surface area contributed by atoms with E-state index >= 15 is 0 Å². The van der Waals surface area contributed by atoms with Crippen molar-refractivity contribution in [1.82, 2.24) is 19.9 Å². The Kier molecular flexibility index (Phi) is 4.87. The molecule has 0 unspecified atom stereocenters. The maximum atomic E-state index is 6.31. The number of ether oxygens (including phenoxy) is 2. The molecule has 1 aliphatic heterocycles. The second-order valence-electron chi connectivity index (χ2n) is 7.26. The van der Waals surface area contributed by atoms with Crippen LogP contribution in [0.3, 0.4) is 0 Å². The molecule has 7 heteroatoms. The summed E-state index contributed by atoms with van der Waals surface area (Å²) in [5, 5.41) is 2.05. The Morgan fingerprint density at radius 3 is 2.86 bits per heavy atom. The van der Waals surface area contributed by atoms with E-state index in [1.54, 1.807) is 17.5 Å². The third kappa shape index (κ3) is 3.69. The Morgan fingerprint density at radius 2 is 2.00 bits per heavy atom. The van der Waals surface area contributed by atoms with Gasteiger partial charge < -0.3 is 9.47 Å². The lowest BCUT2D eigenvalue weighted by atomic mass is 10.2. The van der Waals surface area contributed by atoms with Gasteiger partial charge in [-0.15, -0.1) is 11.3 Å². The number of nitrogens with zero attached hydrogens (tertiary/aromatic N) is 4. The number of rotatable bonds is 4. The average Bonchev–Trinajstić information content (AvgIpc) is 3.02. The molecule has 1 saturated heterocycles. The lowest BCUT2D eigenvalue weighted by molar-refractivity contribution is 0.0330. The van der Waals surface area contributed by atoms with Gasteiger partial charge in [0.05, 0.1) is 30.7 Å². The van der Waals surface area contributed by atoms with Crippen LogP contribution in [0.15, 0.2) is 36.5 Å². The quantitative estimate of drug-likeness (QED) is 0.498. The maximum absolute atomic E-state index is 6.31. The molecule has 5 rings (SSSR count). The summed E-state index contributed by atoms with van der Waals surface area (Å²) in [4.78, 5) is 18.6. The molecule has 0 bridgehead atoms. The number of fused-ring (bicyclic) bond motifs is 2. The van der Waals surface area contributed by atoms with Crippen LogP contribution in [-0.4, -0.2) is 46.2 Å². The first-order valence-corrected chi connectivity index (χ1v) is 10.6. The molecule has 148 valence electrons. The normalized spacial score (nSPS) is 15.2. The van der Waals surface area contributed by atoms with Crippen molar-refractivity contribution >= 4 is 32.5 Å². The van der Waals surface area contributed by atoms with Crippen molar-refractivity contribution in [3.05, 3.63) is 52.8 Å². The Morgan fingerprint density at radius 1 is 1.14 bits per heavy atom. The molecular weight excluding hydrogens is 384 g/mol. The third-order valence-electron chi connectivity index (χ3n) is 5.30. The van der Waals surface area contributed by atoms with Gasteiger partial charge in [0.25, 0.3) is 0 Å². The summed E-state index contributed by atoms with van der Waals surface area (Å²) in [6.07, 6.45) is 1.80. The third-order valence-corrected chi connectivity index (χ3v) is 6.40. The molecule has 0 N–H and O–H groups in total. The van der Waals surface area contributed by atoms with Crippen LogP contribution in [0.4, 0.5) is 0 Å². The molecule has 29 heavy (non-hydrogen) atoms. The van der Waals surface area contributed by atoms with E-state index in [9.17, 15) is 0 Å². The second kappa shape index (κ2) is 7.67. The van der Waals surface area contributed by atoms with Crippen LogP contribution in [0.25, 0.3) is 21.1 Å². The molecule has 1 fully saturated rings. The molecule has 3 aromatic heterocycles. The molecule has 0 spiro atoms. The van der Waals surface area contributed by atoms with Crippen LogP contribution < -0.4 is 4.74 Å². The standard InChI is InChI=1S/C22H22N4O2S/c1-14-15(2)29-22-20(14)21(24-19(25-22)13-26-8-10-27-11-9-26)28-17-5-6-18-16(12-17)4-3-7-23-18/h3-7,12H,8-11,13H2,1-2H3. The fraction of sp³-hybridized carbons (Fsp3) is 0.318. The van der Waals surface area contributed by atoms with Crippen LogP contribution >= 0.6 is 11.3 Å². The van der Waals surface area contributed by atoms with Gasteiger partial charge in [0, 0.05) is 29.5 Å². The zero-order valence-electron chi connectivity index (χ0n) is 16.5. The second-order valence-corrected chi connectivity index (χ2v) is 8.46. The summed E-state index contributed by atoms with van der Waals surface area (Å²) in [5.74, 6) is 2.17. The lowest BCUT2D eigenvalue weighted by Crippen LogP contribution is -2.36. The molecule has 0 amide bonds. The van der Waals surface area contributed by atoms with Gasteiger partial charge in [0.2, 0.25) is 5.88 Å². The zero-order chi connectivity index (χ0) is 19.8. The highest BCUT2D eigenvalue weighted by Gasteiger charge is 2.19. The van der Waals surface area contributed by atoms with Crippen LogP contribution in [0.2, 0.25) is 0 Å². The van der Waals surface area contributed by atoms with E-state index in [2.05, 4.69) is 23.7 Å². The van der Waals surface area contributed by atoms with E-state index in [-0.39, 0.29) is 0 Å². The van der Waals surface area contributed by atoms with Crippen LogP contribution in [0.5, 0.6) is 11.6 Å². The monoisotopic (exact) mass is 406 g/mol. The first kappa shape index (κ1) is 18.4. The van der Waals surface area contributed by atoms with Crippen molar-refractivity contribution in [2.75, 3.05) is 26.3 Å². The van der Waals surface area contributed by atoms with Gasteiger partial charge >= 0.3 is 0 Å². The van der Waals surface area contributed by atoms with Gasteiger partial charge in [-0.1, -0.05) is 6.07 Å². The number of thiophene rings is 1. The highest BCUT2D eigenvalue weighted by Crippen LogP contribution is 2.37. The average molecular weight is 407 g/mol. The molecule has 6 nitrogen and oxygen atoms in total. The fourth-order valence-corrected chi connectivity index (χ4v) is 4.63. The number of aryl methyl sites for hydroxylation is 2. The summed E-state index contributed by atoms with van der Waals surface area (Å²) in [6, 6.07) is 9.89.